The van der Waals surface area contributed by atoms with Crippen molar-refractivity contribution in [3.8, 4) is 17.2 Å². The van der Waals surface area contributed by atoms with Gasteiger partial charge in [-0.15, -0.1) is 0 Å². The van der Waals surface area contributed by atoms with Crippen molar-refractivity contribution in [1.82, 2.24) is 25.1 Å². The SMILES string of the molecule is CCCCOc1c2n(cc(C(=O)NCc3ccc(F)cc3F)c1=O)C1CCc3ccccc3N(C1)C2=O.COC(=O)c1occ(C(=O)NCc2ccc(F)cc2F)c(=O)c1OCc1ccccc1.NC1CCc2ccccc2NC1.O=C(NCc1ccc(F)cc1F)c1cn2c(c(O)c1=O)C(=O)N1CC2CCc2ccccc21. The monoisotopic (exact) mass is 1550 g/mol. The molecule has 4 bridgehead atoms. The molecular formula is C84H77F6N9O14. The Morgan fingerprint density at radius 1 is 0.549 bits per heavy atom. The molecule has 0 spiro atoms. The summed E-state index contributed by atoms with van der Waals surface area (Å²) in [5.74, 6) is -10.9. The summed E-state index contributed by atoms with van der Waals surface area (Å²) in [5, 5.41) is 21.3. The van der Waals surface area contributed by atoms with Crippen LogP contribution < -0.4 is 62.6 Å². The molecule has 15 rings (SSSR count). The third-order valence-electron chi connectivity index (χ3n) is 19.7. The largest absolute Gasteiger partial charge is 0.503 e. The molecule has 0 saturated carbocycles. The Labute approximate surface area is 642 Å². The first-order valence-electron chi connectivity index (χ1n) is 36.3. The van der Waals surface area contributed by atoms with Gasteiger partial charge in [-0.05, 0) is 104 Å². The Balaban J connectivity index is 0.000000146. The molecule has 29 heteroatoms. The van der Waals surface area contributed by atoms with Crippen LogP contribution in [0.1, 0.15) is 153 Å². The van der Waals surface area contributed by atoms with Gasteiger partial charge in [0.05, 0.1) is 25.8 Å². The molecule has 5 aliphatic rings. The lowest BCUT2D eigenvalue weighted by atomic mass is 10.0. The van der Waals surface area contributed by atoms with Crippen LogP contribution in [0.15, 0.2) is 195 Å². The number of rotatable bonds is 17. The van der Waals surface area contributed by atoms with Crippen LogP contribution >= 0.6 is 0 Å². The topological polar surface area (TPSA) is 305 Å². The first-order chi connectivity index (χ1) is 54.5. The first-order valence-corrected chi connectivity index (χ1v) is 36.3. The number of halogens is 6. The van der Waals surface area contributed by atoms with E-state index in [9.17, 15) is 74.6 Å². The fraction of sp³-hybridized carbons (Fsp3) is 0.250. The summed E-state index contributed by atoms with van der Waals surface area (Å²) in [5.41, 5.74) is 9.32. The van der Waals surface area contributed by atoms with Crippen molar-refractivity contribution in [2.45, 2.75) is 103 Å². The van der Waals surface area contributed by atoms with Gasteiger partial charge >= 0.3 is 5.97 Å². The number of hydrogen-bond donors (Lipinski definition) is 6. The molecule has 8 heterocycles. The van der Waals surface area contributed by atoms with Gasteiger partial charge < -0.3 is 69.7 Å². The van der Waals surface area contributed by atoms with Gasteiger partial charge in [0.25, 0.3) is 35.3 Å². The number of amides is 5. The number of methoxy groups -OCH3 is 1. The molecule has 5 aliphatic heterocycles. The number of nitrogens with one attached hydrogen (secondary N) is 4. The highest BCUT2D eigenvalue weighted by molar-refractivity contribution is 6.10. The number of fused-ring (bicyclic) bond motifs is 13. The Morgan fingerprint density at radius 2 is 1.01 bits per heavy atom. The highest BCUT2D eigenvalue weighted by atomic mass is 19.2. The second-order valence-electron chi connectivity index (χ2n) is 27.1. The Kier molecular flexibility index (Phi) is 25.2. The van der Waals surface area contributed by atoms with Crippen molar-refractivity contribution in [2.24, 2.45) is 5.73 Å². The zero-order chi connectivity index (χ0) is 80.1. The smallest absolute Gasteiger partial charge is 0.378 e. The highest BCUT2D eigenvalue weighted by Crippen LogP contribution is 2.40. The van der Waals surface area contributed by atoms with Gasteiger partial charge in [-0.3, -0.25) is 38.4 Å². The molecule has 3 aromatic heterocycles. The standard InChI is InChI=1S/C28H27F2N3O4.C24H19F2N3O4.C22H17F2NO6.C10H14N2/c1-2-3-12-37-26-24-28(36)33-15-20(11-9-17-6-4-5-7-23(17)33)32(24)16-21(25(26)34)27(35)31-14-18-8-10-19(29)13-22(18)30;25-15-7-5-14(18(26)9-15)10-27-23(32)17-12-28-16-8-6-13-3-1-2-4-19(13)29(11-16)24(33)20(28)22(31)21(17)30;1-29-22(28)20-19(30-11-13-5-3-2-4-6-13)18(26)16(12-31-20)21(27)25-10-14-7-8-15(23)9-17(14)24;11-9-6-5-8-3-1-2-4-10(8)12-7-9/h4-8,10,13,16,20H,2-3,9,11-12,14-15H2,1H3,(H,31,35);1-5,7,9,12,16,31H,6,8,10-11H2,(H,27,32);2-9,12H,10-11H2,1H3,(H,25,27);1-4,9,12H,5-7,11H2. The zero-order valence-corrected chi connectivity index (χ0v) is 61.2. The molecule has 5 amide bonds. The normalized spacial score (nSPS) is 15.3. The van der Waals surface area contributed by atoms with E-state index in [1.807, 2.05) is 55.5 Å². The van der Waals surface area contributed by atoms with Crippen molar-refractivity contribution in [3.05, 3.63) is 315 Å². The van der Waals surface area contributed by atoms with Crippen LogP contribution in [-0.2, 0) is 50.2 Å². The van der Waals surface area contributed by atoms with Crippen molar-refractivity contribution < 1.29 is 78.8 Å². The number of nitrogens with zero attached hydrogens (tertiary/aromatic N) is 4. The van der Waals surface area contributed by atoms with Gasteiger partial charge in [0.1, 0.15) is 64.5 Å². The van der Waals surface area contributed by atoms with Crippen molar-refractivity contribution in [3.63, 3.8) is 0 Å². The van der Waals surface area contributed by atoms with Crippen LogP contribution in [0, 0.1) is 34.9 Å². The number of pyridine rings is 2. The minimum Gasteiger partial charge on any atom is -0.503 e. The van der Waals surface area contributed by atoms with Crippen LogP contribution in [0.25, 0.3) is 0 Å². The van der Waals surface area contributed by atoms with E-state index in [2.05, 4.69) is 50.3 Å². The molecule has 7 N–H and O–H groups in total. The predicted molar refractivity (Wildman–Crippen MR) is 405 cm³/mol. The number of aromatic hydroxyl groups is 1. The summed E-state index contributed by atoms with van der Waals surface area (Å²) < 4.78 is 105. The quantitative estimate of drug-likeness (QED) is 0.0280. The summed E-state index contributed by atoms with van der Waals surface area (Å²) >= 11 is 0. The van der Waals surface area contributed by atoms with Crippen LogP contribution in [0.4, 0.5) is 43.4 Å². The zero-order valence-electron chi connectivity index (χ0n) is 61.2. The summed E-state index contributed by atoms with van der Waals surface area (Å²) in [6.07, 6.45) is 9.92. The fourth-order valence-electron chi connectivity index (χ4n) is 13.6. The number of aryl methyl sites for hydroxylation is 3. The molecule has 7 aromatic carbocycles. The molecule has 0 saturated heterocycles. The van der Waals surface area contributed by atoms with E-state index in [-0.39, 0.29) is 95.8 Å². The number of nitrogens with two attached hydrogens (primary N) is 1. The van der Waals surface area contributed by atoms with Crippen molar-refractivity contribution in [1.29, 1.82) is 0 Å². The predicted octanol–water partition coefficient (Wildman–Crippen LogP) is 11.9. The van der Waals surface area contributed by atoms with E-state index in [0.29, 0.717) is 62.5 Å². The van der Waals surface area contributed by atoms with Gasteiger partial charge in [-0.2, -0.15) is 0 Å². The molecule has 10 aromatic rings. The van der Waals surface area contributed by atoms with E-state index >= 15 is 0 Å². The number of unbranched alkanes of at least 4 members (excludes halogenated alkanes) is 1. The first kappa shape index (κ1) is 79.5. The fourth-order valence-corrected chi connectivity index (χ4v) is 13.6. The Morgan fingerprint density at radius 3 is 1.53 bits per heavy atom. The van der Waals surface area contributed by atoms with Gasteiger partial charge in [0, 0.05) is 110 Å². The number of ether oxygens (including phenoxy) is 3. The van der Waals surface area contributed by atoms with E-state index in [0.717, 1.165) is 92.4 Å². The molecular weight excluding hydrogens is 1470 g/mol. The molecule has 0 radical (unpaired) electrons. The second kappa shape index (κ2) is 35.8. The van der Waals surface area contributed by atoms with Crippen LogP contribution in [0.2, 0.25) is 0 Å². The van der Waals surface area contributed by atoms with Gasteiger partial charge in [0.15, 0.2) is 22.9 Å². The Bertz CT molecular complexity index is 5460. The summed E-state index contributed by atoms with van der Waals surface area (Å²) in [7, 11) is 1.10. The average Bonchev–Trinajstić information content (AvgIpc) is 1.73. The third-order valence-corrected chi connectivity index (χ3v) is 19.7. The number of carbonyl (C=O) groups excluding carboxylic acids is 6. The second-order valence-corrected chi connectivity index (χ2v) is 27.1. The summed E-state index contributed by atoms with van der Waals surface area (Å²) in [4.78, 5) is 120. The van der Waals surface area contributed by atoms with Crippen LogP contribution in [0.3, 0.4) is 0 Å². The van der Waals surface area contributed by atoms with Crippen LogP contribution in [-0.4, -0.2) is 89.1 Å². The minimum atomic E-state index is -0.986. The van der Waals surface area contributed by atoms with E-state index in [1.165, 1.54) is 46.4 Å². The molecule has 0 aliphatic carbocycles. The van der Waals surface area contributed by atoms with E-state index in [4.69, 9.17) is 19.6 Å². The number of aromatic nitrogens is 2. The number of carbonyl (C=O) groups is 6. The number of anilines is 3. The molecule has 23 nitrogen and oxygen atoms in total. The average molecular weight is 1550 g/mol. The van der Waals surface area contributed by atoms with E-state index in [1.54, 1.807) is 44.7 Å². The molecule has 3 unspecified atom stereocenters. The number of benzene rings is 7. The summed E-state index contributed by atoms with van der Waals surface area (Å²) in [6, 6.07) is 41.2. The number of hydrogen-bond acceptors (Lipinski definition) is 16. The summed E-state index contributed by atoms with van der Waals surface area (Å²) in [6.45, 7) is 2.96. The maximum absolute atomic E-state index is 14.1. The molecule has 113 heavy (non-hydrogen) atoms. The maximum Gasteiger partial charge on any atom is 0.378 e. The van der Waals surface area contributed by atoms with Crippen LogP contribution in [0.5, 0.6) is 17.2 Å². The minimum absolute atomic E-state index is 0.0193. The molecule has 3 atom stereocenters. The molecule has 0 fully saturated rings. The number of esters is 1. The molecule has 584 valence electrons. The number of para-hydroxylation sites is 3. The Hall–Kier alpha value is -13.1. The van der Waals surface area contributed by atoms with Gasteiger partial charge in [0.2, 0.25) is 22.0 Å². The lowest BCUT2D eigenvalue weighted by Crippen LogP contribution is -2.45. The van der Waals surface area contributed by atoms with Gasteiger partial charge in [-0.25, -0.2) is 31.1 Å². The van der Waals surface area contributed by atoms with Crippen molar-refractivity contribution in [2.75, 3.05) is 48.5 Å². The van der Waals surface area contributed by atoms with Crippen molar-refractivity contribution >= 4 is 52.6 Å². The lowest BCUT2D eigenvalue weighted by molar-refractivity contribution is 0.0551. The highest BCUT2D eigenvalue weighted by Gasteiger charge is 2.41. The lowest BCUT2D eigenvalue weighted by Gasteiger charge is -2.35. The van der Waals surface area contributed by atoms with E-state index < -0.39 is 104 Å². The van der Waals surface area contributed by atoms with Gasteiger partial charge in [-0.1, -0.05) is 116 Å². The maximum atomic E-state index is 14.1. The third kappa shape index (κ3) is 18.1.